The molecule has 0 atom stereocenters. The van der Waals surface area contributed by atoms with Gasteiger partial charge in [0.05, 0.1) is 11.5 Å². The highest BCUT2D eigenvalue weighted by Gasteiger charge is 2.11. The van der Waals surface area contributed by atoms with E-state index in [9.17, 15) is 14.4 Å². The Morgan fingerprint density at radius 1 is 1.08 bits per heavy atom. The van der Waals surface area contributed by atoms with Crippen LogP contribution in [-0.4, -0.2) is 39.3 Å². The minimum absolute atomic E-state index is 0.0418. The molecule has 1 aromatic heterocycles. The van der Waals surface area contributed by atoms with Gasteiger partial charge in [-0.15, -0.1) is 10.2 Å². The second-order valence-electron chi connectivity index (χ2n) is 4.78. The van der Waals surface area contributed by atoms with Crippen LogP contribution < -0.4 is 11.1 Å². The molecule has 0 saturated carbocycles. The molecule has 1 heterocycles. The lowest BCUT2D eigenvalue weighted by molar-refractivity contribution is -0.116. The van der Waals surface area contributed by atoms with Crippen molar-refractivity contribution in [2.45, 2.75) is 22.0 Å². The number of amides is 2. The molecule has 0 saturated heterocycles. The normalized spacial score (nSPS) is 10.4. The molecule has 0 fully saturated rings. The van der Waals surface area contributed by atoms with Crippen molar-refractivity contribution in [2.24, 2.45) is 5.73 Å². The lowest BCUT2D eigenvalue weighted by Gasteiger charge is -2.04. The molecule has 2 rings (SSSR count). The molecule has 0 bridgehead atoms. The predicted octanol–water partition coefficient (Wildman–Crippen LogP) is 2.44. The van der Waals surface area contributed by atoms with Crippen LogP contribution in [-0.2, 0) is 9.59 Å². The molecular weight excluding hydrogens is 380 g/mol. The van der Waals surface area contributed by atoms with Crippen LogP contribution in [0.5, 0.6) is 0 Å². The third-order valence-electron chi connectivity index (χ3n) is 2.86. The second-order valence-corrected chi connectivity index (χ2v) is 8.20. The van der Waals surface area contributed by atoms with Crippen LogP contribution in [0.2, 0.25) is 0 Å². The second kappa shape index (κ2) is 9.54. The zero-order valence-electron chi connectivity index (χ0n) is 13.4. The van der Waals surface area contributed by atoms with Gasteiger partial charge in [-0.25, -0.2) is 0 Å². The average molecular weight is 397 g/mol. The van der Waals surface area contributed by atoms with E-state index in [-0.39, 0.29) is 23.2 Å². The number of nitrogens with one attached hydrogen (secondary N) is 1. The highest BCUT2D eigenvalue weighted by molar-refractivity contribution is 8.03. The highest BCUT2D eigenvalue weighted by Crippen LogP contribution is 2.29. The molecule has 0 unspecified atom stereocenters. The molecule has 3 N–H and O–H groups in total. The van der Waals surface area contributed by atoms with Crippen LogP contribution in [0.25, 0.3) is 0 Å². The number of aromatic nitrogens is 2. The van der Waals surface area contributed by atoms with Crippen molar-refractivity contribution in [2.75, 3.05) is 16.8 Å². The topological polar surface area (TPSA) is 115 Å². The third kappa shape index (κ3) is 6.48. The fraction of sp³-hybridized carbons (Fsp3) is 0.267. The van der Waals surface area contributed by atoms with E-state index in [2.05, 4.69) is 15.5 Å². The van der Waals surface area contributed by atoms with Crippen molar-refractivity contribution < 1.29 is 14.4 Å². The molecule has 25 heavy (non-hydrogen) atoms. The Bertz CT molecular complexity index is 762. The SMILES string of the molecule is CCC(=O)Nc1ccc(C(=O)CSc2nnc(SCC(N)=O)s2)cc1. The molecule has 0 radical (unpaired) electrons. The maximum atomic E-state index is 12.2. The number of benzene rings is 1. The number of primary amides is 1. The Morgan fingerprint density at radius 2 is 1.68 bits per heavy atom. The first-order valence-electron chi connectivity index (χ1n) is 7.28. The Morgan fingerprint density at radius 3 is 2.24 bits per heavy atom. The standard InChI is InChI=1S/C15H16N4O3S3/c1-2-13(22)17-10-5-3-9(4-6-10)11(20)7-23-14-18-19-15(25-14)24-8-12(16)21/h3-6H,2,7-8H2,1H3,(H2,16,21)(H,17,22). The quantitative estimate of drug-likeness (QED) is 0.494. The monoisotopic (exact) mass is 396 g/mol. The number of carbonyl (C=O) groups is 3. The number of ketones is 1. The number of rotatable bonds is 9. The maximum absolute atomic E-state index is 12.2. The highest BCUT2D eigenvalue weighted by atomic mass is 32.2. The van der Waals surface area contributed by atoms with E-state index in [0.717, 1.165) is 0 Å². The first kappa shape index (κ1) is 19.4. The van der Waals surface area contributed by atoms with Crippen LogP contribution >= 0.6 is 34.9 Å². The van der Waals surface area contributed by atoms with Gasteiger partial charge in [-0.2, -0.15) is 0 Å². The lowest BCUT2D eigenvalue weighted by atomic mass is 10.1. The molecule has 132 valence electrons. The largest absolute Gasteiger partial charge is 0.369 e. The fourth-order valence-corrected chi connectivity index (χ4v) is 4.30. The minimum atomic E-state index is -0.414. The number of carbonyl (C=O) groups excluding carboxylic acids is 3. The fourth-order valence-electron chi connectivity index (χ4n) is 1.65. The van der Waals surface area contributed by atoms with Crippen LogP contribution in [0.15, 0.2) is 32.9 Å². The van der Waals surface area contributed by atoms with Gasteiger partial charge in [-0.3, -0.25) is 14.4 Å². The van der Waals surface area contributed by atoms with Gasteiger partial charge in [0.2, 0.25) is 11.8 Å². The number of thioether (sulfide) groups is 2. The summed E-state index contributed by atoms with van der Waals surface area (Å²) in [5.74, 6) is -0.145. The van der Waals surface area contributed by atoms with Gasteiger partial charge in [0.15, 0.2) is 14.5 Å². The van der Waals surface area contributed by atoms with Gasteiger partial charge >= 0.3 is 0 Å². The van der Waals surface area contributed by atoms with Crippen molar-refractivity contribution in [3.63, 3.8) is 0 Å². The molecule has 0 aliphatic rings. The van der Waals surface area contributed by atoms with E-state index in [1.165, 1.54) is 34.9 Å². The van der Waals surface area contributed by atoms with E-state index in [1.54, 1.807) is 31.2 Å². The summed E-state index contributed by atoms with van der Waals surface area (Å²) in [6, 6.07) is 6.77. The smallest absolute Gasteiger partial charge is 0.227 e. The first-order chi connectivity index (χ1) is 12.0. The van der Waals surface area contributed by atoms with Crippen LogP contribution in [0.1, 0.15) is 23.7 Å². The Labute approximate surface area is 157 Å². The molecule has 2 amide bonds. The van der Waals surface area contributed by atoms with Crippen molar-refractivity contribution in [1.82, 2.24) is 10.2 Å². The number of hydrogen-bond acceptors (Lipinski definition) is 8. The number of anilines is 1. The zero-order chi connectivity index (χ0) is 18.2. The summed E-state index contributed by atoms with van der Waals surface area (Å²) in [5.41, 5.74) is 6.31. The molecule has 2 aromatic rings. The van der Waals surface area contributed by atoms with Gasteiger partial charge in [-0.1, -0.05) is 41.8 Å². The summed E-state index contributed by atoms with van der Waals surface area (Å²) in [5, 5.41) is 10.6. The van der Waals surface area contributed by atoms with E-state index in [1.807, 2.05) is 0 Å². The van der Waals surface area contributed by atoms with E-state index in [4.69, 9.17) is 5.73 Å². The van der Waals surface area contributed by atoms with E-state index in [0.29, 0.717) is 26.4 Å². The van der Waals surface area contributed by atoms with Gasteiger partial charge in [0.1, 0.15) is 0 Å². The summed E-state index contributed by atoms with van der Waals surface area (Å²) in [6.45, 7) is 1.77. The molecule has 7 nitrogen and oxygen atoms in total. The summed E-state index contributed by atoms with van der Waals surface area (Å²) >= 11 is 3.84. The van der Waals surface area contributed by atoms with E-state index < -0.39 is 5.91 Å². The summed E-state index contributed by atoms with van der Waals surface area (Å²) in [4.78, 5) is 34.3. The maximum Gasteiger partial charge on any atom is 0.227 e. The third-order valence-corrected chi connectivity index (χ3v) is 6.08. The van der Waals surface area contributed by atoms with Crippen LogP contribution in [0.4, 0.5) is 5.69 Å². The van der Waals surface area contributed by atoms with Crippen molar-refractivity contribution in [3.8, 4) is 0 Å². The Balaban J connectivity index is 1.85. The summed E-state index contributed by atoms with van der Waals surface area (Å²) in [6.07, 6.45) is 0.402. The Kier molecular flexibility index (Phi) is 7.41. The number of Topliss-reactive ketones (excluding diaryl/α,β-unsaturated/α-hetero) is 1. The van der Waals surface area contributed by atoms with Crippen LogP contribution in [0.3, 0.4) is 0 Å². The first-order valence-corrected chi connectivity index (χ1v) is 10.1. The van der Waals surface area contributed by atoms with Gasteiger partial charge in [0.25, 0.3) is 0 Å². The molecule has 0 aliphatic carbocycles. The molecule has 1 aromatic carbocycles. The number of nitrogens with zero attached hydrogens (tertiary/aromatic N) is 2. The lowest BCUT2D eigenvalue weighted by Crippen LogP contribution is -2.12. The predicted molar refractivity (Wildman–Crippen MR) is 100 cm³/mol. The van der Waals surface area contributed by atoms with Gasteiger partial charge in [-0.05, 0) is 24.3 Å². The number of hydrogen-bond donors (Lipinski definition) is 2. The average Bonchev–Trinajstić information content (AvgIpc) is 3.06. The number of nitrogens with two attached hydrogens (primary N) is 1. The van der Waals surface area contributed by atoms with Crippen LogP contribution in [0, 0.1) is 0 Å². The minimum Gasteiger partial charge on any atom is -0.369 e. The molecule has 0 spiro atoms. The molecule has 10 heteroatoms. The summed E-state index contributed by atoms with van der Waals surface area (Å²) in [7, 11) is 0. The van der Waals surface area contributed by atoms with Crippen molar-refractivity contribution in [3.05, 3.63) is 29.8 Å². The summed E-state index contributed by atoms with van der Waals surface area (Å²) < 4.78 is 1.30. The van der Waals surface area contributed by atoms with E-state index >= 15 is 0 Å². The van der Waals surface area contributed by atoms with Gasteiger partial charge < -0.3 is 11.1 Å². The zero-order valence-corrected chi connectivity index (χ0v) is 15.8. The van der Waals surface area contributed by atoms with Gasteiger partial charge in [0, 0.05) is 17.7 Å². The Hall–Kier alpha value is -1.91. The molecular formula is C15H16N4O3S3. The van der Waals surface area contributed by atoms with Crippen molar-refractivity contribution in [1.29, 1.82) is 0 Å². The van der Waals surface area contributed by atoms with Crippen molar-refractivity contribution >= 4 is 58.1 Å². The molecule has 0 aliphatic heterocycles.